The number of amides is 1. The number of unbranched alkanes of at least 4 members (excludes halogenated alkanes) is 47. The van der Waals surface area contributed by atoms with Gasteiger partial charge < -0.3 is 45.1 Å². The highest BCUT2D eigenvalue weighted by Gasteiger charge is 2.47. The lowest BCUT2D eigenvalue weighted by atomic mass is 9.99. The van der Waals surface area contributed by atoms with E-state index in [-0.39, 0.29) is 13.0 Å². The summed E-state index contributed by atoms with van der Waals surface area (Å²) < 4.78 is 17.7. The van der Waals surface area contributed by atoms with Crippen LogP contribution in [0.15, 0.2) is 24.3 Å². The molecule has 8 unspecified atom stereocenters. The Morgan fingerprint density at radius 1 is 0.458 bits per heavy atom. The average Bonchev–Trinajstić information content (AvgIpc) is 3.68. The maximum Gasteiger partial charge on any atom is 0.306 e. The van der Waals surface area contributed by atoms with Gasteiger partial charge in [-0.25, -0.2) is 0 Å². The van der Waals surface area contributed by atoms with E-state index in [2.05, 4.69) is 38.2 Å². The maximum absolute atomic E-state index is 13.4. The second kappa shape index (κ2) is 60.4. The van der Waals surface area contributed by atoms with Crippen molar-refractivity contribution in [3.63, 3.8) is 0 Å². The summed E-state index contributed by atoms with van der Waals surface area (Å²) in [4.78, 5) is 26.6. The number of ether oxygens (including phenoxy) is 3. The number of hydrogen-bond donors (Lipinski definition) is 6. The molecular weight excluding hydrogens is 1040 g/mol. The van der Waals surface area contributed by atoms with Gasteiger partial charge in [-0.05, 0) is 51.4 Å². The minimum Gasteiger partial charge on any atom is -0.454 e. The molecule has 83 heavy (non-hydrogen) atoms. The van der Waals surface area contributed by atoms with Crippen molar-refractivity contribution in [3.8, 4) is 0 Å². The molecule has 1 aliphatic rings. The molecule has 11 nitrogen and oxygen atoms in total. The van der Waals surface area contributed by atoms with Gasteiger partial charge in [0.15, 0.2) is 12.4 Å². The minimum atomic E-state index is -1.61. The number of nitrogens with one attached hydrogen (secondary N) is 1. The molecule has 0 bridgehead atoms. The van der Waals surface area contributed by atoms with Crippen LogP contribution in [0, 0.1) is 0 Å². The van der Waals surface area contributed by atoms with Crippen molar-refractivity contribution in [2.24, 2.45) is 0 Å². The number of aliphatic hydroxyl groups excluding tert-OH is 5. The first-order valence-electron chi connectivity index (χ1n) is 36.1. The summed E-state index contributed by atoms with van der Waals surface area (Å²) in [6.45, 7) is 5.84. The molecule has 0 aromatic heterocycles. The summed E-state index contributed by atoms with van der Waals surface area (Å²) in [5, 5.41) is 57.2. The summed E-state index contributed by atoms with van der Waals surface area (Å²) in [5.41, 5.74) is 0. The molecule has 0 aliphatic carbocycles. The van der Waals surface area contributed by atoms with Crippen LogP contribution in [0.4, 0.5) is 0 Å². The van der Waals surface area contributed by atoms with Crippen LogP contribution in [0.5, 0.6) is 0 Å². The SMILES string of the molecule is CCCCCCCC/C=C/CCCCCCCCCCCCCCCCCCCC(=O)OC1C(OCC(NC(=O)C(O)CCCCCCCCCCCCCCCCCC)C(O)/C=C/CCCCCCCCCCC)OC(CO)C(O)C1O. The fourth-order valence-electron chi connectivity index (χ4n) is 11.7. The van der Waals surface area contributed by atoms with Gasteiger partial charge in [0.25, 0.3) is 0 Å². The van der Waals surface area contributed by atoms with Crippen LogP contribution in [-0.2, 0) is 23.8 Å². The Hall–Kier alpha value is -1.86. The third kappa shape index (κ3) is 47.8. The van der Waals surface area contributed by atoms with Gasteiger partial charge in [-0.3, -0.25) is 9.59 Å². The first-order chi connectivity index (χ1) is 40.7. The van der Waals surface area contributed by atoms with Crippen LogP contribution in [0.25, 0.3) is 0 Å². The monoisotopic (exact) mass is 1180 g/mol. The first kappa shape index (κ1) is 79.2. The Balaban J connectivity index is 2.50. The van der Waals surface area contributed by atoms with E-state index in [1.165, 1.54) is 257 Å². The van der Waals surface area contributed by atoms with Gasteiger partial charge in [-0.15, -0.1) is 0 Å². The molecule has 0 aromatic carbocycles. The molecule has 1 rings (SSSR count). The standard InChI is InChI=1S/C72H137NO10/c1-4-7-10-13-16-19-22-24-26-28-29-30-31-32-33-34-35-36-37-38-40-42-45-48-51-54-57-60-67(77)83-70-69(79)68(78)66(61-74)82-72(70)81-62-63(64(75)58-55-52-49-46-43-21-18-15-12-9-6-3)73-71(80)65(76)59-56-53-50-47-44-41-39-27-25-23-20-17-14-11-8-5-2/h24,26,55,58,63-66,68-70,72,74-76,78-79H,4-23,25,27-54,56-57,59-62H2,1-3H3,(H,73,80)/b26-24+,58-55+. The molecule has 8 atom stereocenters. The van der Waals surface area contributed by atoms with E-state index < -0.39 is 67.4 Å². The fourth-order valence-corrected chi connectivity index (χ4v) is 11.7. The lowest BCUT2D eigenvalue weighted by molar-refractivity contribution is -0.305. The van der Waals surface area contributed by atoms with Gasteiger partial charge in [-0.2, -0.15) is 0 Å². The lowest BCUT2D eigenvalue weighted by Gasteiger charge is -2.41. The van der Waals surface area contributed by atoms with Gasteiger partial charge in [0.2, 0.25) is 5.91 Å². The molecule has 0 radical (unpaired) electrons. The van der Waals surface area contributed by atoms with E-state index in [0.717, 1.165) is 57.8 Å². The molecule has 490 valence electrons. The van der Waals surface area contributed by atoms with Gasteiger partial charge in [0.05, 0.1) is 25.4 Å². The third-order valence-electron chi connectivity index (χ3n) is 17.4. The summed E-state index contributed by atoms with van der Waals surface area (Å²) in [6.07, 6.45) is 62.3. The van der Waals surface area contributed by atoms with Crippen LogP contribution in [0.3, 0.4) is 0 Å². The van der Waals surface area contributed by atoms with Crippen LogP contribution < -0.4 is 5.32 Å². The highest BCUT2D eigenvalue weighted by molar-refractivity contribution is 5.80. The molecule has 1 aliphatic heterocycles. The van der Waals surface area contributed by atoms with Gasteiger partial charge >= 0.3 is 5.97 Å². The third-order valence-corrected chi connectivity index (χ3v) is 17.4. The van der Waals surface area contributed by atoms with E-state index in [0.29, 0.717) is 19.3 Å². The van der Waals surface area contributed by atoms with Crippen LogP contribution in [-0.4, -0.2) is 99.6 Å². The molecule has 1 fully saturated rings. The van der Waals surface area contributed by atoms with E-state index in [1.54, 1.807) is 6.08 Å². The number of rotatable bonds is 63. The van der Waals surface area contributed by atoms with Crippen molar-refractivity contribution < 1.29 is 49.3 Å². The highest BCUT2D eigenvalue weighted by atomic mass is 16.7. The Morgan fingerprint density at radius 3 is 1.17 bits per heavy atom. The first-order valence-corrected chi connectivity index (χ1v) is 36.1. The predicted octanol–water partition coefficient (Wildman–Crippen LogP) is 18.4. The number of aliphatic hydroxyl groups is 5. The Kier molecular flexibility index (Phi) is 57.6. The average molecular weight is 1180 g/mol. The van der Waals surface area contributed by atoms with E-state index in [9.17, 15) is 35.1 Å². The topological polar surface area (TPSA) is 175 Å². The fraction of sp³-hybridized carbons (Fsp3) is 0.917. The molecule has 0 saturated carbocycles. The summed E-state index contributed by atoms with van der Waals surface area (Å²) >= 11 is 0. The van der Waals surface area contributed by atoms with Crippen LogP contribution in [0.2, 0.25) is 0 Å². The van der Waals surface area contributed by atoms with Crippen molar-refractivity contribution in [2.45, 2.75) is 410 Å². The molecule has 1 saturated heterocycles. The highest BCUT2D eigenvalue weighted by Crippen LogP contribution is 2.26. The Bertz CT molecular complexity index is 1450. The zero-order valence-corrected chi connectivity index (χ0v) is 54.6. The zero-order valence-electron chi connectivity index (χ0n) is 54.6. The Morgan fingerprint density at radius 2 is 0.795 bits per heavy atom. The van der Waals surface area contributed by atoms with Crippen LogP contribution in [0.1, 0.15) is 361 Å². The molecule has 0 spiro atoms. The number of hydrogen-bond acceptors (Lipinski definition) is 10. The van der Waals surface area contributed by atoms with Gasteiger partial charge in [-0.1, -0.05) is 328 Å². The molecule has 1 amide bonds. The Labute approximate surface area is 511 Å². The van der Waals surface area contributed by atoms with E-state index in [4.69, 9.17) is 14.2 Å². The number of allylic oxidation sites excluding steroid dienone is 3. The predicted molar refractivity (Wildman–Crippen MR) is 348 cm³/mol. The number of carbonyl (C=O) groups is 2. The van der Waals surface area contributed by atoms with Crippen molar-refractivity contribution in [1.29, 1.82) is 0 Å². The summed E-state index contributed by atoms with van der Waals surface area (Å²) in [5.74, 6) is -1.17. The van der Waals surface area contributed by atoms with Crippen molar-refractivity contribution in [1.82, 2.24) is 5.32 Å². The molecule has 11 heteroatoms. The molecular formula is C72H137NO10. The lowest BCUT2D eigenvalue weighted by Crippen LogP contribution is -2.61. The summed E-state index contributed by atoms with van der Waals surface area (Å²) in [6, 6.07) is -1.02. The van der Waals surface area contributed by atoms with Crippen molar-refractivity contribution in [2.75, 3.05) is 13.2 Å². The number of carbonyl (C=O) groups excluding carboxylic acids is 2. The maximum atomic E-state index is 13.4. The second-order valence-electron chi connectivity index (χ2n) is 25.3. The van der Waals surface area contributed by atoms with E-state index >= 15 is 0 Å². The molecule has 6 N–H and O–H groups in total. The normalized spacial score (nSPS) is 18.6. The molecule has 1 heterocycles. The number of esters is 1. The quantitative estimate of drug-likeness (QED) is 0.0195. The van der Waals surface area contributed by atoms with Crippen LogP contribution >= 0.6 is 0 Å². The van der Waals surface area contributed by atoms with E-state index in [1.807, 2.05) is 6.08 Å². The van der Waals surface area contributed by atoms with Gasteiger partial charge in [0.1, 0.15) is 24.4 Å². The van der Waals surface area contributed by atoms with Crippen molar-refractivity contribution >= 4 is 11.9 Å². The second-order valence-corrected chi connectivity index (χ2v) is 25.3. The van der Waals surface area contributed by atoms with Crippen molar-refractivity contribution in [3.05, 3.63) is 24.3 Å². The smallest absolute Gasteiger partial charge is 0.306 e. The van der Waals surface area contributed by atoms with Gasteiger partial charge in [0, 0.05) is 6.42 Å². The zero-order chi connectivity index (χ0) is 60.3. The largest absolute Gasteiger partial charge is 0.454 e. The summed E-state index contributed by atoms with van der Waals surface area (Å²) in [7, 11) is 0. The molecule has 0 aromatic rings. The minimum absolute atomic E-state index is 0.130.